The van der Waals surface area contributed by atoms with Crippen molar-refractivity contribution in [1.82, 2.24) is 0 Å². The molecule has 0 saturated heterocycles. The van der Waals surface area contributed by atoms with Crippen LogP contribution in [-0.4, -0.2) is 33.8 Å². The molecule has 3 aromatic rings. The number of hydrogen-bond donors (Lipinski definition) is 2. The van der Waals surface area contributed by atoms with Crippen LogP contribution in [0.5, 0.6) is 11.5 Å². The van der Waals surface area contributed by atoms with Crippen LogP contribution in [-0.2, 0) is 14.8 Å². The Bertz CT molecular complexity index is 1220. The number of carbonyl (C=O) groups excluding carboxylic acids is 1. The molecule has 3 rings (SSSR count). The quantitative estimate of drug-likeness (QED) is 0.363. The third kappa shape index (κ3) is 7.05. The Morgan fingerprint density at radius 3 is 2.42 bits per heavy atom. The molecule has 0 saturated carbocycles. The van der Waals surface area contributed by atoms with Crippen LogP contribution in [0.1, 0.15) is 6.92 Å². The van der Waals surface area contributed by atoms with Crippen molar-refractivity contribution >= 4 is 50.7 Å². The zero-order chi connectivity index (χ0) is 23.8. The van der Waals surface area contributed by atoms with Gasteiger partial charge in [-0.05, 0) is 73.8 Å². The third-order valence-electron chi connectivity index (χ3n) is 4.34. The summed E-state index contributed by atoms with van der Waals surface area (Å²) < 4.78 is 38.7. The van der Waals surface area contributed by atoms with Crippen LogP contribution < -0.4 is 19.5 Å². The normalized spacial score (nSPS) is 11.0. The second-order valence-corrected chi connectivity index (χ2v) is 9.69. The lowest BCUT2D eigenvalue weighted by Gasteiger charge is -2.12. The van der Waals surface area contributed by atoms with Gasteiger partial charge in [0, 0.05) is 16.3 Å². The van der Waals surface area contributed by atoms with Gasteiger partial charge in [0.15, 0.2) is 6.61 Å². The first-order valence-corrected chi connectivity index (χ1v) is 13.0. The van der Waals surface area contributed by atoms with Gasteiger partial charge in [-0.1, -0.05) is 17.7 Å². The van der Waals surface area contributed by atoms with E-state index in [0.717, 1.165) is 4.90 Å². The minimum atomic E-state index is -3.87. The van der Waals surface area contributed by atoms with Crippen molar-refractivity contribution in [3.8, 4) is 11.5 Å². The van der Waals surface area contributed by atoms with Gasteiger partial charge in [0.25, 0.3) is 15.9 Å². The molecule has 0 aliphatic rings. The number of sulfonamides is 1. The molecule has 1 amide bonds. The van der Waals surface area contributed by atoms with E-state index >= 15 is 0 Å². The fourth-order valence-corrected chi connectivity index (χ4v) is 4.65. The van der Waals surface area contributed by atoms with Crippen molar-refractivity contribution in [2.45, 2.75) is 16.7 Å². The number of benzene rings is 3. The van der Waals surface area contributed by atoms with E-state index in [2.05, 4.69) is 10.0 Å². The Balaban J connectivity index is 1.61. The monoisotopic (exact) mass is 506 g/mol. The molecule has 0 bridgehead atoms. The van der Waals surface area contributed by atoms with E-state index < -0.39 is 10.0 Å². The molecule has 174 valence electrons. The number of thioether (sulfide) groups is 1. The fraction of sp³-hybridized carbons (Fsp3) is 0.174. The van der Waals surface area contributed by atoms with Crippen LogP contribution in [0.4, 0.5) is 11.4 Å². The minimum Gasteiger partial charge on any atom is -0.494 e. The van der Waals surface area contributed by atoms with Gasteiger partial charge in [-0.25, -0.2) is 8.42 Å². The average Bonchev–Trinajstić information content (AvgIpc) is 2.79. The summed E-state index contributed by atoms with van der Waals surface area (Å²) in [5.41, 5.74) is 1.04. The Morgan fingerprint density at radius 2 is 1.76 bits per heavy atom. The molecule has 0 aromatic heterocycles. The fourth-order valence-electron chi connectivity index (χ4n) is 2.81. The molecule has 3 aromatic carbocycles. The largest absolute Gasteiger partial charge is 0.494 e. The van der Waals surface area contributed by atoms with Gasteiger partial charge in [0.05, 0.1) is 16.5 Å². The molecular weight excluding hydrogens is 484 g/mol. The number of carbonyl (C=O) groups is 1. The number of halogens is 1. The van der Waals surface area contributed by atoms with E-state index in [1.54, 1.807) is 42.1 Å². The molecule has 0 atom stereocenters. The van der Waals surface area contributed by atoms with Crippen molar-refractivity contribution in [3.63, 3.8) is 0 Å². The summed E-state index contributed by atoms with van der Waals surface area (Å²) in [6.07, 6.45) is 1.95. The molecule has 0 unspecified atom stereocenters. The number of hydrogen-bond acceptors (Lipinski definition) is 6. The first kappa shape index (κ1) is 24.8. The van der Waals surface area contributed by atoms with E-state index in [1.807, 2.05) is 31.4 Å². The number of ether oxygens (including phenoxy) is 2. The van der Waals surface area contributed by atoms with Crippen molar-refractivity contribution in [1.29, 1.82) is 0 Å². The zero-order valence-electron chi connectivity index (χ0n) is 18.0. The SMILES string of the molecule is CCOc1ccc(NS(=O)(=O)c2ccc(OCC(=O)Nc3cccc(SC)c3)c(Cl)c2)cc1. The Morgan fingerprint density at radius 1 is 1.00 bits per heavy atom. The first-order valence-electron chi connectivity index (χ1n) is 9.92. The van der Waals surface area contributed by atoms with E-state index in [0.29, 0.717) is 23.7 Å². The molecule has 7 nitrogen and oxygen atoms in total. The lowest BCUT2D eigenvalue weighted by Crippen LogP contribution is -2.20. The van der Waals surface area contributed by atoms with E-state index in [9.17, 15) is 13.2 Å². The smallest absolute Gasteiger partial charge is 0.262 e. The molecule has 0 spiro atoms. The highest BCUT2D eigenvalue weighted by molar-refractivity contribution is 7.98. The second-order valence-electron chi connectivity index (χ2n) is 6.72. The molecule has 0 heterocycles. The van der Waals surface area contributed by atoms with Gasteiger partial charge in [-0.15, -0.1) is 11.8 Å². The first-order chi connectivity index (χ1) is 15.8. The van der Waals surface area contributed by atoms with Crippen LogP contribution in [0.2, 0.25) is 5.02 Å². The second kappa shape index (κ2) is 11.3. The van der Waals surface area contributed by atoms with Crippen molar-refractivity contribution in [2.75, 3.05) is 29.5 Å². The molecular formula is C23H23ClN2O5S2. The van der Waals surface area contributed by atoms with Crippen LogP contribution in [0.3, 0.4) is 0 Å². The molecule has 33 heavy (non-hydrogen) atoms. The average molecular weight is 507 g/mol. The maximum absolute atomic E-state index is 12.7. The maximum atomic E-state index is 12.7. The van der Waals surface area contributed by atoms with Gasteiger partial charge in [0.2, 0.25) is 0 Å². The summed E-state index contributed by atoms with van der Waals surface area (Å²) in [6, 6.07) is 18.0. The Kier molecular flexibility index (Phi) is 8.49. The van der Waals surface area contributed by atoms with Crippen LogP contribution in [0.15, 0.2) is 76.5 Å². The van der Waals surface area contributed by atoms with Gasteiger partial charge in [-0.2, -0.15) is 0 Å². The number of anilines is 2. The predicted molar refractivity (Wildman–Crippen MR) is 132 cm³/mol. The number of rotatable bonds is 10. The Hall–Kier alpha value is -2.88. The highest BCUT2D eigenvalue weighted by Crippen LogP contribution is 2.29. The highest BCUT2D eigenvalue weighted by atomic mass is 35.5. The summed E-state index contributed by atoms with van der Waals surface area (Å²) in [4.78, 5) is 13.2. The topological polar surface area (TPSA) is 93.7 Å². The summed E-state index contributed by atoms with van der Waals surface area (Å²) >= 11 is 7.78. The molecule has 10 heteroatoms. The minimum absolute atomic E-state index is 0.0351. The maximum Gasteiger partial charge on any atom is 0.262 e. The predicted octanol–water partition coefficient (Wildman–Crippen LogP) is 5.28. The summed E-state index contributed by atoms with van der Waals surface area (Å²) in [7, 11) is -3.87. The molecule has 0 radical (unpaired) electrons. The van der Waals surface area contributed by atoms with E-state index in [1.165, 1.54) is 18.2 Å². The highest BCUT2D eigenvalue weighted by Gasteiger charge is 2.17. The third-order valence-corrected chi connectivity index (χ3v) is 6.74. The van der Waals surface area contributed by atoms with E-state index in [-0.39, 0.29) is 28.2 Å². The summed E-state index contributed by atoms with van der Waals surface area (Å²) in [5.74, 6) is 0.480. The number of amides is 1. The van der Waals surface area contributed by atoms with Gasteiger partial charge in [-0.3, -0.25) is 9.52 Å². The Labute approximate surface area is 202 Å². The lowest BCUT2D eigenvalue weighted by atomic mass is 10.3. The van der Waals surface area contributed by atoms with E-state index in [4.69, 9.17) is 21.1 Å². The van der Waals surface area contributed by atoms with Crippen LogP contribution in [0, 0.1) is 0 Å². The zero-order valence-corrected chi connectivity index (χ0v) is 20.4. The molecule has 0 fully saturated rings. The molecule has 0 aliphatic heterocycles. The lowest BCUT2D eigenvalue weighted by molar-refractivity contribution is -0.118. The van der Waals surface area contributed by atoms with Crippen LogP contribution in [0.25, 0.3) is 0 Å². The van der Waals surface area contributed by atoms with Crippen molar-refractivity contribution in [3.05, 3.63) is 71.8 Å². The van der Waals surface area contributed by atoms with Gasteiger partial charge >= 0.3 is 0 Å². The van der Waals surface area contributed by atoms with Crippen LogP contribution >= 0.6 is 23.4 Å². The van der Waals surface area contributed by atoms with Gasteiger partial charge in [0.1, 0.15) is 11.5 Å². The van der Waals surface area contributed by atoms with Crippen molar-refractivity contribution < 1.29 is 22.7 Å². The summed E-state index contributed by atoms with van der Waals surface area (Å²) in [5, 5.41) is 2.82. The summed E-state index contributed by atoms with van der Waals surface area (Å²) in [6.45, 7) is 2.11. The molecule has 2 N–H and O–H groups in total. The van der Waals surface area contributed by atoms with Crippen molar-refractivity contribution in [2.24, 2.45) is 0 Å². The number of nitrogens with one attached hydrogen (secondary N) is 2. The molecule has 0 aliphatic carbocycles. The standard InChI is InChI=1S/C23H23ClN2O5S2/c1-3-30-18-9-7-16(8-10-18)26-33(28,29)20-11-12-22(21(24)14-20)31-15-23(27)25-17-5-4-6-19(13-17)32-2/h4-14,26H,3,15H2,1-2H3,(H,25,27). The van der Waals surface area contributed by atoms with Gasteiger partial charge < -0.3 is 14.8 Å².